The van der Waals surface area contributed by atoms with Crippen LogP contribution in [0.2, 0.25) is 0 Å². The quantitative estimate of drug-likeness (QED) is 0.882. The van der Waals surface area contributed by atoms with E-state index in [1.807, 2.05) is 31.2 Å². The molecule has 6 heteroatoms. The van der Waals surface area contributed by atoms with Crippen molar-refractivity contribution < 1.29 is 14.5 Å². The molecule has 2 aliphatic rings. The van der Waals surface area contributed by atoms with Crippen molar-refractivity contribution in [2.45, 2.75) is 31.8 Å². The fourth-order valence-electron chi connectivity index (χ4n) is 4.02. The standard InChI is InChI=1S/C19H21N3O2S/c1-13(21-10-4-8-16(21)17-9-5-11-25-17)19(24)22-12-18(23)20-14-6-2-3-7-15(14)22/h2-3,5-7,9,11,13,16H,4,8,10,12H2,1H3,(H,20,23)/p+1/t13-,16-/m1/s1. The summed E-state index contributed by atoms with van der Waals surface area (Å²) < 4.78 is 0. The molecule has 3 heterocycles. The molecular formula is C19H22N3O2S+. The molecule has 0 bridgehead atoms. The summed E-state index contributed by atoms with van der Waals surface area (Å²) in [7, 11) is 0. The van der Waals surface area contributed by atoms with Gasteiger partial charge in [-0.3, -0.25) is 14.5 Å². The van der Waals surface area contributed by atoms with Gasteiger partial charge in [-0.1, -0.05) is 18.2 Å². The zero-order chi connectivity index (χ0) is 17.4. The fraction of sp³-hybridized carbons (Fsp3) is 0.368. The van der Waals surface area contributed by atoms with Crippen molar-refractivity contribution in [1.82, 2.24) is 0 Å². The highest BCUT2D eigenvalue weighted by Gasteiger charge is 2.40. The van der Waals surface area contributed by atoms with E-state index in [1.165, 1.54) is 9.78 Å². The molecule has 1 aromatic carbocycles. The number of likely N-dealkylation sites (tertiary alicyclic amines) is 1. The van der Waals surface area contributed by atoms with E-state index in [1.54, 1.807) is 16.2 Å². The molecule has 5 nitrogen and oxygen atoms in total. The van der Waals surface area contributed by atoms with Crippen molar-refractivity contribution in [3.8, 4) is 0 Å². The first kappa shape index (κ1) is 16.3. The maximum atomic E-state index is 13.2. The molecule has 2 aromatic rings. The van der Waals surface area contributed by atoms with Gasteiger partial charge in [0.2, 0.25) is 5.91 Å². The number of hydrogen-bond acceptors (Lipinski definition) is 3. The number of nitrogens with zero attached hydrogens (tertiary/aromatic N) is 1. The monoisotopic (exact) mass is 356 g/mol. The average Bonchev–Trinajstić information content (AvgIpc) is 3.30. The third-order valence-electron chi connectivity index (χ3n) is 5.26. The predicted molar refractivity (Wildman–Crippen MR) is 99.0 cm³/mol. The molecule has 4 rings (SSSR count). The second-order valence-electron chi connectivity index (χ2n) is 6.75. The number of fused-ring (bicyclic) bond motifs is 1. The number of rotatable bonds is 3. The van der Waals surface area contributed by atoms with Crippen LogP contribution in [-0.2, 0) is 9.59 Å². The Hall–Kier alpha value is -2.18. The Kier molecular flexibility index (Phi) is 4.31. The molecule has 0 spiro atoms. The normalized spacial score (nSPS) is 23.9. The van der Waals surface area contributed by atoms with Gasteiger partial charge in [0.1, 0.15) is 12.6 Å². The maximum Gasteiger partial charge on any atom is 0.285 e. The second kappa shape index (κ2) is 6.61. The lowest BCUT2D eigenvalue weighted by Crippen LogP contribution is -3.15. The number of anilines is 2. The second-order valence-corrected chi connectivity index (χ2v) is 7.73. The summed E-state index contributed by atoms with van der Waals surface area (Å²) in [4.78, 5) is 29.6. The molecule has 3 atom stereocenters. The van der Waals surface area contributed by atoms with Crippen LogP contribution in [0.25, 0.3) is 0 Å². The molecule has 0 saturated carbocycles. The van der Waals surface area contributed by atoms with Crippen molar-refractivity contribution in [2.75, 3.05) is 23.3 Å². The Morgan fingerprint density at radius 1 is 1.32 bits per heavy atom. The Morgan fingerprint density at radius 3 is 2.96 bits per heavy atom. The number of thiophene rings is 1. The SMILES string of the molecule is C[C@H](C(=O)N1CC(=O)Nc2ccccc21)[NH+]1CCC[C@@H]1c1cccs1. The zero-order valence-corrected chi connectivity index (χ0v) is 15.0. The number of hydrogen-bond donors (Lipinski definition) is 2. The summed E-state index contributed by atoms with van der Waals surface area (Å²) in [6.07, 6.45) is 2.25. The molecule has 1 aromatic heterocycles. The number of nitrogens with one attached hydrogen (secondary N) is 2. The number of amides is 2. The third-order valence-corrected chi connectivity index (χ3v) is 6.24. The van der Waals surface area contributed by atoms with Gasteiger partial charge in [-0.15, -0.1) is 11.3 Å². The molecule has 0 radical (unpaired) electrons. The van der Waals surface area contributed by atoms with Gasteiger partial charge in [0.25, 0.3) is 5.91 Å². The Bertz CT molecular complexity index is 790. The molecular weight excluding hydrogens is 334 g/mol. The summed E-state index contributed by atoms with van der Waals surface area (Å²) in [5.41, 5.74) is 1.51. The molecule has 130 valence electrons. The Balaban J connectivity index is 1.59. The van der Waals surface area contributed by atoms with Gasteiger partial charge in [0.05, 0.1) is 22.8 Å². The Morgan fingerprint density at radius 2 is 2.16 bits per heavy atom. The van der Waals surface area contributed by atoms with E-state index in [4.69, 9.17) is 0 Å². The van der Waals surface area contributed by atoms with Gasteiger partial charge >= 0.3 is 0 Å². The average molecular weight is 356 g/mol. The van der Waals surface area contributed by atoms with Crippen molar-refractivity contribution in [3.05, 3.63) is 46.7 Å². The molecule has 0 aliphatic carbocycles. The minimum absolute atomic E-state index is 0.0285. The van der Waals surface area contributed by atoms with Crippen molar-refractivity contribution in [2.24, 2.45) is 0 Å². The van der Waals surface area contributed by atoms with Gasteiger partial charge in [-0.25, -0.2) is 0 Å². The minimum atomic E-state index is -0.173. The highest BCUT2D eigenvalue weighted by Crippen LogP contribution is 2.30. The van der Waals surface area contributed by atoms with Gasteiger partial charge in [-0.2, -0.15) is 0 Å². The van der Waals surface area contributed by atoms with Gasteiger partial charge < -0.3 is 10.2 Å². The fourth-order valence-corrected chi connectivity index (χ4v) is 4.93. The lowest BCUT2D eigenvalue weighted by atomic mass is 10.1. The lowest BCUT2D eigenvalue weighted by molar-refractivity contribution is -0.931. The van der Waals surface area contributed by atoms with E-state index in [2.05, 4.69) is 22.8 Å². The molecule has 2 amide bonds. The molecule has 25 heavy (non-hydrogen) atoms. The Labute approximate surface area is 151 Å². The molecule has 1 unspecified atom stereocenters. The van der Waals surface area contributed by atoms with E-state index in [9.17, 15) is 9.59 Å². The van der Waals surface area contributed by atoms with Crippen LogP contribution in [0, 0.1) is 0 Å². The summed E-state index contributed by atoms with van der Waals surface area (Å²) in [5, 5.41) is 4.95. The predicted octanol–water partition coefficient (Wildman–Crippen LogP) is 1.84. The molecule has 2 N–H and O–H groups in total. The van der Waals surface area contributed by atoms with Gasteiger partial charge in [0, 0.05) is 12.8 Å². The van der Waals surface area contributed by atoms with Crippen molar-refractivity contribution >= 4 is 34.5 Å². The third kappa shape index (κ3) is 2.96. The summed E-state index contributed by atoms with van der Waals surface area (Å²) in [6, 6.07) is 12.0. The van der Waals surface area contributed by atoms with Crippen molar-refractivity contribution in [1.29, 1.82) is 0 Å². The van der Waals surface area contributed by atoms with Crippen LogP contribution in [0.15, 0.2) is 41.8 Å². The van der Waals surface area contributed by atoms with Crippen LogP contribution >= 0.6 is 11.3 Å². The highest BCUT2D eigenvalue weighted by molar-refractivity contribution is 7.10. The van der Waals surface area contributed by atoms with Crippen LogP contribution in [-0.4, -0.2) is 30.9 Å². The van der Waals surface area contributed by atoms with E-state index in [0.717, 1.165) is 25.1 Å². The topological polar surface area (TPSA) is 53.9 Å². The van der Waals surface area contributed by atoms with Gasteiger partial charge in [0.15, 0.2) is 6.04 Å². The van der Waals surface area contributed by atoms with Crippen LogP contribution in [0.4, 0.5) is 11.4 Å². The van der Waals surface area contributed by atoms with Crippen LogP contribution < -0.4 is 15.1 Å². The van der Waals surface area contributed by atoms with Crippen LogP contribution in [0.5, 0.6) is 0 Å². The lowest BCUT2D eigenvalue weighted by Gasteiger charge is -2.33. The van der Waals surface area contributed by atoms with E-state index < -0.39 is 0 Å². The van der Waals surface area contributed by atoms with Gasteiger partial charge in [-0.05, 0) is 30.5 Å². The molecule has 2 aliphatic heterocycles. The number of quaternary nitrogens is 1. The maximum absolute atomic E-state index is 13.2. The molecule has 1 fully saturated rings. The molecule has 1 saturated heterocycles. The summed E-state index contributed by atoms with van der Waals surface area (Å²) in [6.45, 7) is 3.09. The smallest absolute Gasteiger partial charge is 0.285 e. The van der Waals surface area contributed by atoms with E-state index >= 15 is 0 Å². The first-order valence-electron chi connectivity index (χ1n) is 8.74. The van der Waals surface area contributed by atoms with Crippen molar-refractivity contribution in [3.63, 3.8) is 0 Å². The largest absolute Gasteiger partial charge is 0.323 e. The number of benzene rings is 1. The van der Waals surface area contributed by atoms with Crippen LogP contribution in [0.1, 0.15) is 30.7 Å². The van der Waals surface area contributed by atoms with E-state index in [-0.39, 0.29) is 24.4 Å². The van der Waals surface area contributed by atoms with E-state index in [0.29, 0.717) is 11.7 Å². The summed E-state index contributed by atoms with van der Waals surface area (Å²) in [5.74, 6) is -0.105. The van der Waals surface area contributed by atoms with Crippen LogP contribution in [0.3, 0.4) is 0 Å². The number of para-hydroxylation sites is 2. The summed E-state index contributed by atoms with van der Waals surface area (Å²) >= 11 is 1.77. The zero-order valence-electron chi connectivity index (χ0n) is 14.2. The highest BCUT2D eigenvalue weighted by atomic mass is 32.1. The first-order chi connectivity index (χ1) is 12.1. The first-order valence-corrected chi connectivity index (χ1v) is 9.62. The minimum Gasteiger partial charge on any atom is -0.323 e. The number of carbonyl (C=O) groups is 2. The number of carbonyl (C=O) groups excluding carboxylic acids is 2.